The van der Waals surface area contributed by atoms with E-state index in [4.69, 9.17) is 17.4 Å². The van der Waals surface area contributed by atoms with Crippen molar-refractivity contribution < 1.29 is 9.90 Å². The number of aliphatic hydroxyl groups is 1. The minimum Gasteiger partial charge on any atom is -0.393 e. The number of anilines is 1. The Morgan fingerprint density at radius 1 is 1.60 bits per heavy atom. The van der Waals surface area contributed by atoms with E-state index in [9.17, 15) is 9.90 Å². The maximum atomic E-state index is 12.3. The number of amides is 1. The van der Waals surface area contributed by atoms with E-state index in [0.717, 1.165) is 12.8 Å². The van der Waals surface area contributed by atoms with Gasteiger partial charge in [-0.3, -0.25) is 4.79 Å². The van der Waals surface area contributed by atoms with Crippen LogP contribution in [0.15, 0.2) is 12.3 Å². The third kappa shape index (κ3) is 3.20. The highest BCUT2D eigenvalue weighted by Gasteiger charge is 2.26. The van der Waals surface area contributed by atoms with Crippen molar-refractivity contribution in [1.82, 2.24) is 9.88 Å². The summed E-state index contributed by atoms with van der Waals surface area (Å²) in [4.78, 5) is 18.1. The van der Waals surface area contributed by atoms with Crippen LogP contribution >= 0.6 is 11.6 Å². The van der Waals surface area contributed by atoms with Gasteiger partial charge in [0.05, 0.1) is 16.7 Å². The average molecular weight is 299 g/mol. The largest absolute Gasteiger partial charge is 0.393 e. The van der Waals surface area contributed by atoms with Crippen LogP contribution in [-0.2, 0) is 0 Å². The zero-order chi connectivity index (χ0) is 14.7. The van der Waals surface area contributed by atoms with Gasteiger partial charge in [-0.1, -0.05) is 11.6 Å². The minimum atomic E-state index is -0.321. The first kappa shape index (κ1) is 15.0. The molecule has 7 heteroatoms. The van der Waals surface area contributed by atoms with Crippen LogP contribution in [-0.4, -0.2) is 40.1 Å². The van der Waals surface area contributed by atoms with E-state index >= 15 is 0 Å². The van der Waals surface area contributed by atoms with Gasteiger partial charge in [0, 0.05) is 19.3 Å². The molecule has 1 fully saturated rings. The maximum absolute atomic E-state index is 12.3. The molecule has 0 saturated carbocycles. The van der Waals surface area contributed by atoms with Gasteiger partial charge < -0.3 is 15.4 Å². The van der Waals surface area contributed by atoms with Crippen LogP contribution in [0, 0.1) is 5.92 Å². The van der Waals surface area contributed by atoms with E-state index in [0.29, 0.717) is 29.5 Å². The summed E-state index contributed by atoms with van der Waals surface area (Å²) in [5.41, 5.74) is 2.81. The van der Waals surface area contributed by atoms with Crippen molar-refractivity contribution in [3.8, 4) is 0 Å². The van der Waals surface area contributed by atoms with Crippen LogP contribution < -0.4 is 11.3 Å². The second kappa shape index (κ2) is 6.39. The lowest BCUT2D eigenvalue weighted by molar-refractivity contribution is 0.0521. The van der Waals surface area contributed by atoms with Gasteiger partial charge in [0.15, 0.2) is 5.82 Å². The summed E-state index contributed by atoms with van der Waals surface area (Å²) in [5.74, 6) is 5.77. The molecule has 0 radical (unpaired) electrons. The zero-order valence-electron chi connectivity index (χ0n) is 11.3. The lowest BCUT2D eigenvalue weighted by Gasteiger charge is -2.33. The van der Waals surface area contributed by atoms with Crippen LogP contribution in [0.25, 0.3) is 0 Å². The first-order chi connectivity index (χ1) is 9.52. The molecule has 1 aliphatic heterocycles. The predicted octanol–water partition coefficient (Wildman–Crippen LogP) is 1.25. The number of nitrogen functional groups attached to an aromatic ring is 1. The first-order valence-corrected chi connectivity index (χ1v) is 7.00. The Morgan fingerprint density at radius 2 is 2.25 bits per heavy atom. The number of hydrazine groups is 1. The van der Waals surface area contributed by atoms with Crippen LogP contribution in [0.5, 0.6) is 0 Å². The van der Waals surface area contributed by atoms with Gasteiger partial charge >= 0.3 is 0 Å². The van der Waals surface area contributed by atoms with Crippen molar-refractivity contribution in [3.63, 3.8) is 0 Å². The highest BCUT2D eigenvalue weighted by Crippen LogP contribution is 2.24. The van der Waals surface area contributed by atoms with E-state index in [-0.39, 0.29) is 17.9 Å². The summed E-state index contributed by atoms with van der Waals surface area (Å²) in [6, 6.07) is 1.56. The van der Waals surface area contributed by atoms with E-state index in [1.165, 1.54) is 6.20 Å². The molecule has 0 aliphatic carbocycles. The number of halogens is 1. The Hall–Kier alpha value is -1.37. The SMILES string of the molecule is CC(O)C1CCN(C(=O)c2cnc(NN)c(Cl)c2)CC1. The molecule has 0 aromatic carbocycles. The standard InChI is InChI=1S/C13H19ClN4O2/c1-8(19)9-2-4-18(5-3-9)13(20)10-6-11(14)12(17-15)16-7-10/h6-9,19H,2-5,15H2,1H3,(H,16,17). The molecule has 6 nitrogen and oxygen atoms in total. The summed E-state index contributed by atoms with van der Waals surface area (Å²) in [6.07, 6.45) is 2.77. The van der Waals surface area contributed by atoms with E-state index < -0.39 is 0 Å². The second-order valence-corrected chi connectivity index (χ2v) is 5.48. The van der Waals surface area contributed by atoms with Crippen molar-refractivity contribution in [2.45, 2.75) is 25.9 Å². The number of likely N-dealkylation sites (tertiary alicyclic amines) is 1. The summed E-state index contributed by atoms with van der Waals surface area (Å²) >= 11 is 5.97. The topological polar surface area (TPSA) is 91.5 Å². The Labute approximate surface area is 122 Å². The third-order valence-electron chi connectivity index (χ3n) is 3.73. The number of nitrogens with zero attached hydrogens (tertiary/aromatic N) is 2. The fourth-order valence-electron chi connectivity index (χ4n) is 2.43. The summed E-state index contributed by atoms with van der Waals surface area (Å²) < 4.78 is 0. The van der Waals surface area contributed by atoms with Gasteiger partial charge in [0.25, 0.3) is 5.91 Å². The quantitative estimate of drug-likeness (QED) is 0.577. The summed E-state index contributed by atoms with van der Waals surface area (Å²) in [5, 5.41) is 9.88. The number of carbonyl (C=O) groups is 1. The van der Waals surface area contributed by atoms with Gasteiger partial charge in [-0.05, 0) is 31.7 Å². The van der Waals surface area contributed by atoms with Crippen molar-refractivity contribution in [3.05, 3.63) is 22.8 Å². The monoisotopic (exact) mass is 298 g/mol. The third-order valence-corrected chi connectivity index (χ3v) is 4.02. The molecular weight excluding hydrogens is 280 g/mol. The lowest BCUT2D eigenvalue weighted by atomic mass is 9.92. The fraction of sp³-hybridized carbons (Fsp3) is 0.538. The molecule has 110 valence electrons. The van der Waals surface area contributed by atoms with E-state index in [1.54, 1.807) is 17.9 Å². The number of rotatable bonds is 3. The summed E-state index contributed by atoms with van der Waals surface area (Å²) in [7, 11) is 0. The summed E-state index contributed by atoms with van der Waals surface area (Å²) in [6.45, 7) is 3.08. The van der Waals surface area contributed by atoms with Gasteiger partial charge in [-0.15, -0.1) is 0 Å². The van der Waals surface area contributed by atoms with E-state index in [2.05, 4.69) is 10.4 Å². The molecule has 0 spiro atoms. The van der Waals surface area contributed by atoms with Gasteiger partial charge in [0.2, 0.25) is 0 Å². The Bertz CT molecular complexity index is 487. The first-order valence-electron chi connectivity index (χ1n) is 6.62. The normalized spacial score (nSPS) is 17.9. The van der Waals surface area contributed by atoms with Crippen LogP contribution in [0.1, 0.15) is 30.1 Å². The number of nitrogens with two attached hydrogens (primary N) is 1. The average Bonchev–Trinajstić information content (AvgIpc) is 2.46. The molecule has 2 heterocycles. The molecule has 2 rings (SSSR count). The predicted molar refractivity (Wildman–Crippen MR) is 77.4 cm³/mol. The number of piperidine rings is 1. The molecule has 1 unspecified atom stereocenters. The molecule has 1 atom stereocenters. The number of carbonyl (C=O) groups excluding carboxylic acids is 1. The molecule has 1 saturated heterocycles. The van der Waals surface area contributed by atoms with Gasteiger partial charge in [-0.25, -0.2) is 10.8 Å². The highest BCUT2D eigenvalue weighted by atomic mass is 35.5. The fourth-order valence-corrected chi connectivity index (χ4v) is 2.65. The number of nitrogens with one attached hydrogen (secondary N) is 1. The Balaban J connectivity index is 2.04. The van der Waals surface area contributed by atoms with Crippen LogP contribution in [0.4, 0.5) is 5.82 Å². The molecule has 0 bridgehead atoms. The van der Waals surface area contributed by atoms with E-state index in [1.807, 2.05) is 0 Å². The van der Waals surface area contributed by atoms with Crippen molar-refractivity contribution >= 4 is 23.3 Å². The molecule has 1 amide bonds. The Kier molecular flexibility index (Phi) is 4.80. The number of aromatic nitrogens is 1. The number of aliphatic hydroxyl groups excluding tert-OH is 1. The minimum absolute atomic E-state index is 0.0907. The molecule has 1 aromatic heterocycles. The highest BCUT2D eigenvalue weighted by molar-refractivity contribution is 6.33. The van der Waals surface area contributed by atoms with Gasteiger partial charge in [-0.2, -0.15) is 0 Å². The molecule has 4 N–H and O–H groups in total. The van der Waals surface area contributed by atoms with Crippen LogP contribution in [0.3, 0.4) is 0 Å². The van der Waals surface area contributed by atoms with Crippen molar-refractivity contribution in [2.75, 3.05) is 18.5 Å². The van der Waals surface area contributed by atoms with Crippen molar-refractivity contribution in [2.24, 2.45) is 11.8 Å². The molecule has 1 aromatic rings. The van der Waals surface area contributed by atoms with Crippen molar-refractivity contribution in [1.29, 1.82) is 0 Å². The molecule has 1 aliphatic rings. The molecule has 20 heavy (non-hydrogen) atoms. The smallest absolute Gasteiger partial charge is 0.255 e. The number of pyridine rings is 1. The lowest BCUT2D eigenvalue weighted by Crippen LogP contribution is -2.40. The second-order valence-electron chi connectivity index (χ2n) is 5.07. The number of hydrogen-bond donors (Lipinski definition) is 3. The molecular formula is C13H19ClN4O2. The maximum Gasteiger partial charge on any atom is 0.255 e. The van der Waals surface area contributed by atoms with Gasteiger partial charge in [0.1, 0.15) is 0 Å². The number of hydrogen-bond acceptors (Lipinski definition) is 5. The Morgan fingerprint density at radius 3 is 2.75 bits per heavy atom. The van der Waals surface area contributed by atoms with Crippen LogP contribution in [0.2, 0.25) is 5.02 Å². The zero-order valence-corrected chi connectivity index (χ0v) is 12.1.